The molecule has 2 aromatic carbocycles. The Morgan fingerprint density at radius 3 is 2.63 bits per heavy atom. The number of benzene rings is 2. The summed E-state index contributed by atoms with van der Waals surface area (Å²) in [6, 6.07) is 13.2. The number of methoxy groups -OCH3 is 1. The van der Waals surface area contributed by atoms with Crippen molar-refractivity contribution in [1.82, 2.24) is 9.21 Å². The Morgan fingerprint density at radius 1 is 1.23 bits per heavy atom. The second-order valence-electron chi connectivity index (χ2n) is 8.07. The van der Waals surface area contributed by atoms with E-state index in [-0.39, 0.29) is 31.0 Å². The van der Waals surface area contributed by atoms with Crippen LogP contribution >= 0.6 is 0 Å². The van der Waals surface area contributed by atoms with Crippen molar-refractivity contribution in [2.45, 2.75) is 17.8 Å². The summed E-state index contributed by atoms with van der Waals surface area (Å²) in [7, 11) is 1.61. The van der Waals surface area contributed by atoms with Gasteiger partial charge in [0.1, 0.15) is 11.6 Å². The average Bonchev–Trinajstić information content (AvgIpc) is 2.71. The number of rotatable bonds is 7. The van der Waals surface area contributed by atoms with E-state index < -0.39 is 27.2 Å². The van der Waals surface area contributed by atoms with E-state index in [0.717, 1.165) is 0 Å². The van der Waals surface area contributed by atoms with E-state index in [1.807, 2.05) is 37.2 Å². The van der Waals surface area contributed by atoms with Crippen LogP contribution in [0.2, 0.25) is 0 Å². The van der Waals surface area contributed by atoms with Crippen LogP contribution in [0.4, 0.5) is 4.39 Å². The van der Waals surface area contributed by atoms with Gasteiger partial charge < -0.3 is 14.7 Å². The van der Waals surface area contributed by atoms with Crippen LogP contribution in [0.3, 0.4) is 0 Å². The number of hydrogen-bond acceptors (Lipinski definition) is 5. The summed E-state index contributed by atoms with van der Waals surface area (Å²) >= 11 is 0. The van der Waals surface area contributed by atoms with E-state index in [1.165, 1.54) is 22.5 Å². The molecule has 6 nitrogen and oxygen atoms in total. The molecule has 0 bridgehead atoms. The monoisotopic (exact) mass is 436 g/mol. The van der Waals surface area contributed by atoms with Gasteiger partial charge in [0.25, 0.3) is 0 Å². The molecule has 1 N–H and O–H groups in total. The molecule has 2 atom stereocenters. The maximum atomic E-state index is 14.0. The number of ether oxygens (including phenoxy) is 1. The lowest BCUT2D eigenvalue weighted by atomic mass is 9.76. The highest BCUT2D eigenvalue weighted by Gasteiger charge is 2.45. The number of piperidine rings is 1. The molecule has 0 aromatic heterocycles. The lowest BCUT2D eigenvalue weighted by Crippen LogP contribution is -2.54. The van der Waals surface area contributed by atoms with Gasteiger partial charge in [0.2, 0.25) is 10.0 Å². The summed E-state index contributed by atoms with van der Waals surface area (Å²) < 4.78 is 46.7. The van der Waals surface area contributed by atoms with E-state index in [9.17, 15) is 17.9 Å². The van der Waals surface area contributed by atoms with E-state index >= 15 is 0 Å². The van der Waals surface area contributed by atoms with Crippen LogP contribution < -0.4 is 4.74 Å². The number of aliphatic hydroxyl groups is 1. The normalized spacial score (nSPS) is 22.9. The van der Waals surface area contributed by atoms with E-state index in [0.29, 0.717) is 17.9 Å². The van der Waals surface area contributed by atoms with Crippen LogP contribution in [0.15, 0.2) is 48.5 Å². The summed E-state index contributed by atoms with van der Waals surface area (Å²) in [5, 5.41) is 11.6. The van der Waals surface area contributed by atoms with Crippen molar-refractivity contribution < 1.29 is 22.7 Å². The molecule has 0 aliphatic carbocycles. The smallest absolute Gasteiger partial charge is 0.218 e. The molecule has 2 aromatic rings. The SMILES string of the molecule is COc1cccc(C2(O)CCN(S(=O)(=O)Cc3ccccc3F)CC2CN(C)C)c1. The summed E-state index contributed by atoms with van der Waals surface area (Å²) in [6.45, 7) is 0.816. The number of nitrogens with zero attached hydrogens (tertiary/aromatic N) is 2. The molecular formula is C22H29FN2O4S. The summed E-state index contributed by atoms with van der Waals surface area (Å²) in [6.07, 6.45) is 0.245. The molecule has 1 heterocycles. The Bertz CT molecular complexity index is 983. The van der Waals surface area contributed by atoms with Crippen molar-refractivity contribution in [2.24, 2.45) is 5.92 Å². The molecule has 1 fully saturated rings. The van der Waals surface area contributed by atoms with Gasteiger partial charge in [0.15, 0.2) is 0 Å². The molecule has 2 unspecified atom stereocenters. The standard InChI is InChI=1S/C22H29FN2O4S/c1-24(2)14-19-15-25(30(27,28)16-17-7-4-5-10-21(17)23)12-11-22(19,26)18-8-6-9-20(13-18)29-3/h4-10,13,19,26H,11-12,14-16H2,1-3H3. The molecule has 3 rings (SSSR count). The molecule has 0 spiro atoms. The molecular weight excluding hydrogens is 407 g/mol. The number of sulfonamides is 1. The third-order valence-corrected chi connectivity index (χ3v) is 7.48. The molecule has 8 heteroatoms. The van der Waals surface area contributed by atoms with Crippen LogP contribution in [-0.4, -0.2) is 63.6 Å². The Labute approximate surface area is 177 Å². The minimum atomic E-state index is -3.73. The van der Waals surface area contributed by atoms with Crippen LogP contribution in [0.5, 0.6) is 5.75 Å². The molecule has 0 saturated carbocycles. The van der Waals surface area contributed by atoms with Crippen LogP contribution in [-0.2, 0) is 21.4 Å². The lowest BCUT2D eigenvalue weighted by molar-refractivity contribution is -0.0698. The number of halogens is 1. The third kappa shape index (κ3) is 4.83. The Balaban J connectivity index is 1.88. The van der Waals surface area contributed by atoms with Gasteiger partial charge in [0, 0.05) is 31.1 Å². The zero-order chi connectivity index (χ0) is 21.9. The van der Waals surface area contributed by atoms with Gasteiger partial charge in [-0.1, -0.05) is 30.3 Å². The first-order valence-corrected chi connectivity index (χ1v) is 11.5. The van der Waals surface area contributed by atoms with Crippen molar-refractivity contribution in [1.29, 1.82) is 0 Å². The zero-order valence-electron chi connectivity index (χ0n) is 17.6. The van der Waals surface area contributed by atoms with Crippen molar-refractivity contribution in [3.05, 3.63) is 65.5 Å². The molecule has 1 aliphatic heterocycles. The Kier molecular flexibility index (Phi) is 6.81. The summed E-state index contributed by atoms with van der Waals surface area (Å²) in [4.78, 5) is 1.93. The van der Waals surface area contributed by atoms with Gasteiger partial charge >= 0.3 is 0 Å². The average molecular weight is 437 g/mol. The van der Waals surface area contributed by atoms with E-state index in [4.69, 9.17) is 4.74 Å². The minimum absolute atomic E-state index is 0.148. The molecule has 0 amide bonds. The fraction of sp³-hybridized carbons (Fsp3) is 0.455. The predicted octanol–water partition coefficient (Wildman–Crippen LogP) is 2.44. The summed E-state index contributed by atoms with van der Waals surface area (Å²) in [5.41, 5.74) is -0.335. The van der Waals surface area contributed by atoms with Gasteiger partial charge in [-0.25, -0.2) is 17.1 Å². The van der Waals surface area contributed by atoms with Gasteiger partial charge in [-0.05, 0) is 44.3 Å². The van der Waals surface area contributed by atoms with Crippen LogP contribution in [0.1, 0.15) is 17.5 Å². The van der Waals surface area contributed by atoms with Crippen molar-refractivity contribution in [3.8, 4) is 5.75 Å². The Hall–Kier alpha value is -2.00. The Morgan fingerprint density at radius 2 is 1.97 bits per heavy atom. The first-order valence-electron chi connectivity index (χ1n) is 9.88. The zero-order valence-corrected chi connectivity index (χ0v) is 18.4. The maximum absolute atomic E-state index is 14.0. The summed E-state index contributed by atoms with van der Waals surface area (Å²) in [5.74, 6) is -0.648. The molecule has 30 heavy (non-hydrogen) atoms. The second kappa shape index (κ2) is 9.01. The first-order chi connectivity index (χ1) is 14.2. The van der Waals surface area contributed by atoms with E-state index in [2.05, 4.69) is 0 Å². The minimum Gasteiger partial charge on any atom is -0.497 e. The second-order valence-corrected chi connectivity index (χ2v) is 10.0. The van der Waals surface area contributed by atoms with Crippen molar-refractivity contribution in [2.75, 3.05) is 40.8 Å². The van der Waals surface area contributed by atoms with Crippen LogP contribution in [0, 0.1) is 11.7 Å². The highest BCUT2D eigenvalue weighted by Crippen LogP contribution is 2.40. The molecule has 1 aliphatic rings. The third-order valence-electron chi connectivity index (χ3n) is 5.69. The van der Waals surface area contributed by atoms with Gasteiger partial charge in [-0.2, -0.15) is 0 Å². The lowest BCUT2D eigenvalue weighted by Gasteiger charge is -2.45. The fourth-order valence-electron chi connectivity index (χ4n) is 4.07. The number of hydrogen-bond donors (Lipinski definition) is 1. The van der Waals surface area contributed by atoms with Crippen molar-refractivity contribution >= 4 is 10.0 Å². The quantitative estimate of drug-likeness (QED) is 0.722. The fourth-order valence-corrected chi connectivity index (χ4v) is 5.65. The molecule has 164 valence electrons. The van der Waals surface area contributed by atoms with Gasteiger partial charge in [-0.15, -0.1) is 0 Å². The molecule has 0 radical (unpaired) electrons. The van der Waals surface area contributed by atoms with Gasteiger partial charge in [0.05, 0.1) is 18.5 Å². The van der Waals surface area contributed by atoms with Crippen molar-refractivity contribution in [3.63, 3.8) is 0 Å². The highest BCUT2D eigenvalue weighted by molar-refractivity contribution is 7.88. The maximum Gasteiger partial charge on any atom is 0.218 e. The van der Waals surface area contributed by atoms with E-state index in [1.54, 1.807) is 19.2 Å². The first kappa shape index (κ1) is 22.7. The van der Waals surface area contributed by atoms with Crippen LogP contribution in [0.25, 0.3) is 0 Å². The van der Waals surface area contributed by atoms with Gasteiger partial charge in [-0.3, -0.25) is 0 Å². The highest BCUT2D eigenvalue weighted by atomic mass is 32.2. The molecule has 1 saturated heterocycles. The predicted molar refractivity (Wildman–Crippen MR) is 114 cm³/mol. The largest absolute Gasteiger partial charge is 0.497 e. The topological polar surface area (TPSA) is 70.1 Å².